The van der Waals surface area contributed by atoms with E-state index in [9.17, 15) is 5.11 Å². The van der Waals surface area contributed by atoms with Gasteiger partial charge in [-0.25, -0.2) is 0 Å². The van der Waals surface area contributed by atoms with Crippen molar-refractivity contribution in [3.8, 4) is 0 Å². The molecule has 94 valence electrons. The molecule has 0 aromatic heterocycles. The molecule has 0 atom stereocenters. The van der Waals surface area contributed by atoms with Gasteiger partial charge in [0.1, 0.15) is 0 Å². The molecule has 1 aromatic rings. The normalized spacial score (nSPS) is 17.5. The molecular formula is C13H18ClNO2. The lowest BCUT2D eigenvalue weighted by Crippen LogP contribution is -2.35. The van der Waals surface area contributed by atoms with Gasteiger partial charge < -0.3 is 15.1 Å². The fourth-order valence-electron chi connectivity index (χ4n) is 2.36. The number of anilines is 1. The quantitative estimate of drug-likeness (QED) is 0.869. The molecule has 1 saturated heterocycles. The second-order valence-corrected chi connectivity index (χ2v) is 4.92. The van der Waals surface area contributed by atoms with Crippen molar-refractivity contribution in [3.63, 3.8) is 0 Å². The summed E-state index contributed by atoms with van der Waals surface area (Å²) in [7, 11) is 0. The second kappa shape index (κ2) is 5.71. The number of aliphatic hydroxyl groups excluding tert-OH is 2. The van der Waals surface area contributed by atoms with E-state index in [1.54, 1.807) is 6.07 Å². The molecule has 0 saturated carbocycles. The van der Waals surface area contributed by atoms with E-state index in [1.165, 1.54) is 0 Å². The van der Waals surface area contributed by atoms with Gasteiger partial charge in [-0.3, -0.25) is 0 Å². The molecule has 1 aromatic carbocycles. The van der Waals surface area contributed by atoms with E-state index in [1.807, 2.05) is 12.1 Å². The first-order chi connectivity index (χ1) is 8.26. The van der Waals surface area contributed by atoms with Crippen LogP contribution in [0.3, 0.4) is 0 Å². The fourth-order valence-corrected chi connectivity index (χ4v) is 2.59. The van der Waals surface area contributed by atoms with Crippen molar-refractivity contribution < 1.29 is 10.2 Å². The number of aliphatic hydroxyl groups is 2. The van der Waals surface area contributed by atoms with Crippen LogP contribution >= 0.6 is 11.6 Å². The van der Waals surface area contributed by atoms with Crippen molar-refractivity contribution in [1.29, 1.82) is 0 Å². The van der Waals surface area contributed by atoms with Crippen molar-refractivity contribution in [2.45, 2.75) is 19.4 Å². The minimum absolute atomic E-state index is 0.0328. The highest BCUT2D eigenvalue weighted by atomic mass is 35.5. The van der Waals surface area contributed by atoms with Crippen LogP contribution in [0, 0.1) is 5.92 Å². The van der Waals surface area contributed by atoms with Crippen LogP contribution in [0.15, 0.2) is 18.2 Å². The van der Waals surface area contributed by atoms with Crippen molar-refractivity contribution in [2.24, 2.45) is 5.92 Å². The van der Waals surface area contributed by atoms with E-state index >= 15 is 0 Å². The average Bonchev–Trinajstić information content (AvgIpc) is 2.38. The van der Waals surface area contributed by atoms with E-state index in [-0.39, 0.29) is 13.2 Å². The van der Waals surface area contributed by atoms with Crippen molar-refractivity contribution >= 4 is 17.3 Å². The zero-order valence-electron chi connectivity index (χ0n) is 9.77. The third kappa shape index (κ3) is 2.73. The third-order valence-electron chi connectivity index (χ3n) is 3.47. The molecule has 4 heteroatoms. The number of benzene rings is 1. The maximum atomic E-state index is 9.38. The number of hydrogen-bond donors (Lipinski definition) is 2. The lowest BCUT2D eigenvalue weighted by Gasteiger charge is -2.34. The Hall–Kier alpha value is -0.770. The predicted octanol–water partition coefficient (Wildman–Crippen LogP) is 2.04. The number of nitrogens with zero attached hydrogens (tertiary/aromatic N) is 1. The van der Waals surface area contributed by atoms with Crippen LogP contribution in [0.4, 0.5) is 5.69 Å². The molecule has 0 radical (unpaired) electrons. The third-order valence-corrected chi connectivity index (χ3v) is 3.82. The maximum Gasteiger partial charge on any atom is 0.0716 e. The summed E-state index contributed by atoms with van der Waals surface area (Å²) in [6.45, 7) is 2.07. The molecule has 1 heterocycles. The van der Waals surface area contributed by atoms with E-state index in [0.717, 1.165) is 37.2 Å². The van der Waals surface area contributed by atoms with Crippen molar-refractivity contribution in [2.75, 3.05) is 24.6 Å². The monoisotopic (exact) mass is 255 g/mol. The highest BCUT2D eigenvalue weighted by Gasteiger charge is 2.20. The standard InChI is InChI=1S/C13H18ClNO2/c14-12-2-1-3-13(11(12)9-17)15-6-4-10(8-16)5-7-15/h1-3,10,16-17H,4-9H2. The molecule has 0 aliphatic carbocycles. The number of piperidine rings is 1. The summed E-state index contributed by atoms with van der Waals surface area (Å²) < 4.78 is 0. The van der Waals surface area contributed by atoms with Gasteiger partial charge in [0.05, 0.1) is 6.61 Å². The Kier molecular flexibility index (Phi) is 4.26. The van der Waals surface area contributed by atoms with E-state index < -0.39 is 0 Å². The fraction of sp³-hybridized carbons (Fsp3) is 0.538. The summed E-state index contributed by atoms with van der Waals surface area (Å²) in [6, 6.07) is 5.71. The van der Waals surface area contributed by atoms with Gasteiger partial charge in [0.15, 0.2) is 0 Å². The van der Waals surface area contributed by atoms with Gasteiger partial charge in [-0.15, -0.1) is 0 Å². The molecule has 0 bridgehead atoms. The molecule has 2 rings (SSSR count). The first-order valence-electron chi connectivity index (χ1n) is 6.00. The van der Waals surface area contributed by atoms with E-state index in [4.69, 9.17) is 16.7 Å². The Morgan fingerprint density at radius 2 is 1.94 bits per heavy atom. The van der Waals surface area contributed by atoms with Crippen molar-refractivity contribution in [3.05, 3.63) is 28.8 Å². The van der Waals surface area contributed by atoms with Crippen LogP contribution in [0.2, 0.25) is 5.02 Å². The number of rotatable bonds is 3. The average molecular weight is 256 g/mol. The molecule has 1 aliphatic rings. The Labute approximate surface area is 107 Å². The Morgan fingerprint density at radius 1 is 1.24 bits per heavy atom. The highest BCUT2D eigenvalue weighted by molar-refractivity contribution is 6.31. The number of halogens is 1. The smallest absolute Gasteiger partial charge is 0.0716 e. The van der Waals surface area contributed by atoms with Gasteiger partial charge in [0.25, 0.3) is 0 Å². The molecule has 2 N–H and O–H groups in total. The molecule has 0 spiro atoms. The molecule has 0 amide bonds. The van der Waals surface area contributed by atoms with E-state index in [2.05, 4.69) is 4.90 Å². The minimum Gasteiger partial charge on any atom is -0.396 e. The summed E-state index contributed by atoms with van der Waals surface area (Å²) in [5, 5.41) is 19.1. The summed E-state index contributed by atoms with van der Waals surface area (Å²) in [5.74, 6) is 0.419. The van der Waals surface area contributed by atoms with Gasteiger partial charge in [-0.05, 0) is 30.9 Å². The highest BCUT2D eigenvalue weighted by Crippen LogP contribution is 2.30. The van der Waals surface area contributed by atoms with Gasteiger partial charge in [0, 0.05) is 36.0 Å². The Bertz CT molecular complexity index is 376. The topological polar surface area (TPSA) is 43.7 Å². The van der Waals surface area contributed by atoms with E-state index in [0.29, 0.717) is 10.9 Å². The molecule has 1 fully saturated rings. The van der Waals surface area contributed by atoms with Crippen LogP contribution in [0.5, 0.6) is 0 Å². The van der Waals surface area contributed by atoms with Crippen LogP contribution in [-0.4, -0.2) is 29.9 Å². The molecule has 17 heavy (non-hydrogen) atoms. The van der Waals surface area contributed by atoms with Crippen LogP contribution in [-0.2, 0) is 6.61 Å². The predicted molar refractivity (Wildman–Crippen MR) is 69.4 cm³/mol. The lowest BCUT2D eigenvalue weighted by molar-refractivity contribution is 0.202. The molecular weight excluding hydrogens is 238 g/mol. The van der Waals surface area contributed by atoms with Crippen LogP contribution < -0.4 is 4.90 Å². The Balaban J connectivity index is 2.15. The first kappa shape index (κ1) is 12.7. The summed E-state index contributed by atoms with van der Waals surface area (Å²) in [5.41, 5.74) is 1.83. The van der Waals surface area contributed by atoms with Crippen LogP contribution in [0.25, 0.3) is 0 Å². The first-order valence-corrected chi connectivity index (χ1v) is 6.38. The maximum absolute atomic E-state index is 9.38. The molecule has 0 unspecified atom stereocenters. The Morgan fingerprint density at radius 3 is 2.53 bits per heavy atom. The summed E-state index contributed by atoms with van der Waals surface area (Å²) in [6.07, 6.45) is 1.99. The zero-order chi connectivity index (χ0) is 12.3. The van der Waals surface area contributed by atoms with Gasteiger partial charge in [-0.2, -0.15) is 0 Å². The van der Waals surface area contributed by atoms with Crippen LogP contribution in [0.1, 0.15) is 18.4 Å². The number of hydrogen-bond acceptors (Lipinski definition) is 3. The second-order valence-electron chi connectivity index (χ2n) is 4.51. The zero-order valence-corrected chi connectivity index (χ0v) is 10.5. The van der Waals surface area contributed by atoms with Gasteiger partial charge in [0.2, 0.25) is 0 Å². The molecule has 3 nitrogen and oxygen atoms in total. The summed E-state index contributed by atoms with van der Waals surface area (Å²) in [4.78, 5) is 2.24. The van der Waals surface area contributed by atoms with Gasteiger partial charge >= 0.3 is 0 Å². The minimum atomic E-state index is -0.0328. The lowest BCUT2D eigenvalue weighted by atomic mass is 9.97. The van der Waals surface area contributed by atoms with Crippen molar-refractivity contribution in [1.82, 2.24) is 0 Å². The summed E-state index contributed by atoms with van der Waals surface area (Å²) >= 11 is 6.08. The SMILES string of the molecule is OCc1c(Cl)cccc1N1CCC(CO)CC1. The van der Waals surface area contributed by atoms with Gasteiger partial charge in [-0.1, -0.05) is 17.7 Å². The largest absolute Gasteiger partial charge is 0.396 e. The molecule has 1 aliphatic heterocycles.